The maximum absolute atomic E-state index is 6.73. The van der Waals surface area contributed by atoms with Crippen LogP contribution in [0.1, 0.15) is 37.7 Å². The van der Waals surface area contributed by atoms with Crippen molar-refractivity contribution >= 4 is 0 Å². The van der Waals surface area contributed by atoms with Crippen LogP contribution in [0.4, 0.5) is 0 Å². The minimum atomic E-state index is -0.603. The molecule has 1 aromatic rings. The molecule has 6 atom stereocenters. The molecule has 1 aliphatic heterocycles. The van der Waals surface area contributed by atoms with Crippen LogP contribution >= 0.6 is 0 Å². The van der Waals surface area contributed by atoms with E-state index >= 15 is 0 Å². The molecule has 0 radical (unpaired) electrons. The van der Waals surface area contributed by atoms with Gasteiger partial charge in [0.25, 0.3) is 0 Å². The molecule has 1 saturated heterocycles. The lowest BCUT2D eigenvalue weighted by molar-refractivity contribution is -0.239. The summed E-state index contributed by atoms with van der Waals surface area (Å²) >= 11 is 0. The van der Waals surface area contributed by atoms with Crippen molar-refractivity contribution in [3.63, 3.8) is 0 Å². The van der Waals surface area contributed by atoms with Gasteiger partial charge < -0.3 is 28.4 Å². The van der Waals surface area contributed by atoms with E-state index in [2.05, 4.69) is 31.9 Å². The fourth-order valence-electron chi connectivity index (χ4n) is 5.30. The molecule has 1 spiro atoms. The first-order valence-corrected chi connectivity index (χ1v) is 12.4. The Morgan fingerprint density at radius 2 is 1.21 bits per heavy atom. The van der Waals surface area contributed by atoms with E-state index in [0.29, 0.717) is 26.4 Å². The Labute approximate surface area is 203 Å². The predicted octanol–water partition coefficient (Wildman–Crippen LogP) is 4.74. The van der Waals surface area contributed by atoms with Crippen molar-refractivity contribution in [1.82, 2.24) is 0 Å². The summed E-state index contributed by atoms with van der Waals surface area (Å²) < 4.78 is 38.8. The van der Waals surface area contributed by atoms with E-state index in [1.54, 1.807) is 18.2 Å². The number of rotatable bonds is 12. The lowest BCUT2D eigenvalue weighted by Gasteiger charge is -2.46. The first kappa shape index (κ1) is 25.3. The third-order valence-corrected chi connectivity index (χ3v) is 6.76. The first-order chi connectivity index (χ1) is 16.7. The maximum Gasteiger partial charge on any atom is 0.169 e. The number of hydrogen-bond donors (Lipinski definition) is 0. The standard InChI is InChI=1S/C28H38O6/c1-4-17-29-22-23(30-18-5-2)25(32-20-21-13-9-7-10-14-21)27-26(24(22)31-19-6-3)33-28(34-27)15-11-8-12-16-28/h4-7,9-10,13-14,22-27H,1-3,8,11-12,15-20H2/t22-,23-,24+,25+,26+,27-/m1/s1. The van der Waals surface area contributed by atoms with Gasteiger partial charge in [-0.15, -0.1) is 19.7 Å². The molecule has 34 heavy (non-hydrogen) atoms. The second kappa shape index (κ2) is 12.2. The zero-order valence-electron chi connectivity index (χ0n) is 20.0. The quantitative estimate of drug-likeness (QED) is 0.411. The Morgan fingerprint density at radius 1 is 0.706 bits per heavy atom. The SMILES string of the molecule is C=CCO[C@@H]1[C@@H](OCC=C)[C@H](OCC=C)[C@@H]2OC3(CCCCC3)O[C@@H]2[C@H]1OCc1ccccc1. The number of benzene rings is 1. The van der Waals surface area contributed by atoms with Crippen molar-refractivity contribution in [2.75, 3.05) is 19.8 Å². The molecular weight excluding hydrogens is 432 g/mol. The van der Waals surface area contributed by atoms with Gasteiger partial charge in [0.2, 0.25) is 0 Å². The van der Waals surface area contributed by atoms with Crippen LogP contribution in [0.3, 0.4) is 0 Å². The minimum absolute atomic E-state index is 0.336. The second-order valence-electron chi connectivity index (χ2n) is 9.16. The number of fused-ring (bicyclic) bond motifs is 1. The average Bonchev–Trinajstić information content (AvgIpc) is 3.23. The topological polar surface area (TPSA) is 55.4 Å². The molecule has 6 nitrogen and oxygen atoms in total. The molecule has 0 aromatic heterocycles. The third-order valence-electron chi connectivity index (χ3n) is 6.76. The van der Waals surface area contributed by atoms with E-state index in [4.69, 9.17) is 28.4 Å². The van der Waals surface area contributed by atoms with Crippen LogP contribution in [0.15, 0.2) is 68.3 Å². The van der Waals surface area contributed by atoms with Crippen LogP contribution in [-0.4, -0.2) is 62.2 Å². The predicted molar refractivity (Wildman–Crippen MR) is 130 cm³/mol. The van der Waals surface area contributed by atoms with Crippen molar-refractivity contribution in [1.29, 1.82) is 0 Å². The summed E-state index contributed by atoms with van der Waals surface area (Å²) in [6.45, 7) is 13.0. The molecule has 6 heteroatoms. The van der Waals surface area contributed by atoms with Crippen molar-refractivity contribution in [3.8, 4) is 0 Å². The molecule has 0 N–H and O–H groups in total. The van der Waals surface area contributed by atoms with E-state index in [1.165, 1.54) is 6.42 Å². The largest absolute Gasteiger partial charge is 0.369 e. The van der Waals surface area contributed by atoms with Crippen molar-refractivity contribution in [2.45, 2.75) is 81.1 Å². The van der Waals surface area contributed by atoms with Gasteiger partial charge in [0.05, 0.1) is 26.4 Å². The summed E-state index contributed by atoms with van der Waals surface area (Å²) in [6, 6.07) is 10.1. The van der Waals surface area contributed by atoms with Gasteiger partial charge in [0.15, 0.2) is 5.79 Å². The van der Waals surface area contributed by atoms with Gasteiger partial charge in [-0.25, -0.2) is 0 Å². The van der Waals surface area contributed by atoms with Gasteiger partial charge in [-0.2, -0.15) is 0 Å². The van der Waals surface area contributed by atoms with Crippen LogP contribution in [0.2, 0.25) is 0 Å². The van der Waals surface area contributed by atoms with Crippen LogP contribution in [0, 0.1) is 0 Å². The fraction of sp³-hybridized carbons (Fsp3) is 0.571. The fourth-order valence-corrected chi connectivity index (χ4v) is 5.30. The van der Waals surface area contributed by atoms with Crippen LogP contribution in [-0.2, 0) is 35.0 Å². The van der Waals surface area contributed by atoms with Gasteiger partial charge in [-0.3, -0.25) is 0 Å². The molecule has 0 bridgehead atoms. The minimum Gasteiger partial charge on any atom is -0.369 e. The maximum atomic E-state index is 6.73. The smallest absolute Gasteiger partial charge is 0.169 e. The molecule has 1 aromatic carbocycles. The average molecular weight is 471 g/mol. The summed E-state index contributed by atoms with van der Waals surface area (Å²) in [5, 5.41) is 0. The highest BCUT2D eigenvalue weighted by Crippen LogP contribution is 2.47. The number of hydrogen-bond acceptors (Lipinski definition) is 6. The Balaban J connectivity index is 1.66. The van der Waals surface area contributed by atoms with Gasteiger partial charge >= 0.3 is 0 Å². The zero-order valence-corrected chi connectivity index (χ0v) is 20.0. The molecule has 2 saturated carbocycles. The van der Waals surface area contributed by atoms with Crippen LogP contribution < -0.4 is 0 Å². The normalized spacial score (nSPS) is 32.2. The molecule has 3 aliphatic rings. The lowest BCUT2D eigenvalue weighted by atomic mass is 9.84. The summed E-state index contributed by atoms with van der Waals surface area (Å²) in [7, 11) is 0. The summed E-state index contributed by atoms with van der Waals surface area (Å²) in [5.41, 5.74) is 1.08. The molecule has 1 heterocycles. The van der Waals surface area contributed by atoms with E-state index in [-0.39, 0.29) is 12.2 Å². The zero-order chi connectivity index (χ0) is 23.8. The Morgan fingerprint density at radius 3 is 1.74 bits per heavy atom. The van der Waals surface area contributed by atoms with Crippen molar-refractivity contribution in [2.24, 2.45) is 0 Å². The first-order valence-electron chi connectivity index (χ1n) is 12.4. The van der Waals surface area contributed by atoms with E-state index in [9.17, 15) is 0 Å². The lowest BCUT2D eigenvalue weighted by Crippen LogP contribution is -2.65. The Hall–Kier alpha value is -1.80. The molecule has 0 unspecified atom stereocenters. The molecule has 4 rings (SSSR count). The van der Waals surface area contributed by atoms with Gasteiger partial charge in [0, 0.05) is 12.8 Å². The highest BCUT2D eigenvalue weighted by atomic mass is 16.8. The summed E-state index contributed by atoms with van der Waals surface area (Å²) in [4.78, 5) is 0. The Kier molecular flexibility index (Phi) is 9.11. The highest BCUT2D eigenvalue weighted by Gasteiger charge is 2.62. The summed E-state index contributed by atoms with van der Waals surface area (Å²) in [5.74, 6) is -0.603. The van der Waals surface area contributed by atoms with E-state index < -0.39 is 30.2 Å². The van der Waals surface area contributed by atoms with Crippen molar-refractivity contribution in [3.05, 3.63) is 73.9 Å². The van der Waals surface area contributed by atoms with Gasteiger partial charge in [-0.1, -0.05) is 55.0 Å². The van der Waals surface area contributed by atoms with E-state index in [1.807, 2.05) is 18.2 Å². The monoisotopic (exact) mass is 470 g/mol. The highest BCUT2D eigenvalue weighted by molar-refractivity contribution is 5.14. The van der Waals surface area contributed by atoms with Crippen LogP contribution in [0.25, 0.3) is 0 Å². The molecule has 0 amide bonds. The number of ether oxygens (including phenoxy) is 6. The molecule has 3 fully saturated rings. The molecule has 186 valence electrons. The van der Waals surface area contributed by atoms with Gasteiger partial charge in [0.1, 0.15) is 36.6 Å². The van der Waals surface area contributed by atoms with E-state index in [0.717, 1.165) is 31.2 Å². The van der Waals surface area contributed by atoms with Gasteiger partial charge in [-0.05, 0) is 18.4 Å². The Bertz CT molecular complexity index is 789. The van der Waals surface area contributed by atoms with Crippen molar-refractivity contribution < 1.29 is 28.4 Å². The summed E-state index contributed by atoms with van der Waals surface area (Å²) in [6.07, 6.45) is 7.99. The third kappa shape index (κ3) is 5.70. The molecule has 2 aliphatic carbocycles. The molecular formula is C28H38O6. The van der Waals surface area contributed by atoms with Crippen LogP contribution in [0.5, 0.6) is 0 Å². The second-order valence-corrected chi connectivity index (χ2v) is 9.16.